The highest BCUT2D eigenvalue weighted by atomic mass is 35.5. The van der Waals surface area contributed by atoms with Crippen LogP contribution in [0.1, 0.15) is 30.0 Å². The van der Waals surface area contributed by atoms with E-state index in [-0.39, 0.29) is 36.2 Å². The number of aliphatic carboxylic acids is 1. The van der Waals surface area contributed by atoms with Gasteiger partial charge in [0.1, 0.15) is 5.76 Å². The Labute approximate surface area is 181 Å². The molecular weight excluding hydrogens is 428 g/mol. The zero-order valence-corrected chi connectivity index (χ0v) is 16.8. The molecule has 0 unspecified atom stereocenters. The van der Waals surface area contributed by atoms with Crippen molar-refractivity contribution in [2.24, 2.45) is 0 Å². The number of halogens is 1. The average molecular weight is 445 g/mol. The summed E-state index contributed by atoms with van der Waals surface area (Å²) in [5.41, 5.74) is 0.256. The zero-order chi connectivity index (χ0) is 22.7. The SMILES string of the molecule is O=C(O)CCCN1C(=O)C(=O)C(=C(O)c2ccc([N+](=O)[O-])cc2)[C@H]1c1ccc(Cl)cc1. The van der Waals surface area contributed by atoms with E-state index in [9.17, 15) is 29.6 Å². The molecule has 9 nitrogen and oxygen atoms in total. The lowest BCUT2D eigenvalue weighted by molar-refractivity contribution is -0.384. The van der Waals surface area contributed by atoms with Crippen molar-refractivity contribution < 1.29 is 29.5 Å². The third kappa shape index (κ3) is 4.56. The van der Waals surface area contributed by atoms with Gasteiger partial charge in [-0.3, -0.25) is 24.5 Å². The maximum atomic E-state index is 12.8. The number of amides is 1. The summed E-state index contributed by atoms with van der Waals surface area (Å²) in [6.45, 7) is -0.0127. The van der Waals surface area contributed by atoms with E-state index in [1.54, 1.807) is 24.3 Å². The zero-order valence-electron chi connectivity index (χ0n) is 16.0. The van der Waals surface area contributed by atoms with E-state index in [1.807, 2.05) is 0 Å². The number of hydrogen-bond donors (Lipinski definition) is 2. The molecule has 3 rings (SSSR count). The largest absolute Gasteiger partial charge is 0.507 e. The van der Waals surface area contributed by atoms with Crippen LogP contribution in [0.2, 0.25) is 5.02 Å². The molecule has 2 aromatic carbocycles. The predicted octanol–water partition coefficient (Wildman–Crippen LogP) is 3.53. The van der Waals surface area contributed by atoms with Crippen molar-refractivity contribution in [3.8, 4) is 0 Å². The highest BCUT2D eigenvalue weighted by molar-refractivity contribution is 6.46. The van der Waals surface area contributed by atoms with Gasteiger partial charge in [-0.15, -0.1) is 0 Å². The molecule has 1 amide bonds. The fraction of sp³-hybridized carbons (Fsp3) is 0.190. The fourth-order valence-electron chi connectivity index (χ4n) is 3.40. The Morgan fingerprint density at radius 3 is 2.23 bits per heavy atom. The van der Waals surface area contributed by atoms with E-state index < -0.39 is 34.4 Å². The van der Waals surface area contributed by atoms with Crippen molar-refractivity contribution in [1.82, 2.24) is 4.90 Å². The number of non-ortho nitro benzene ring substituents is 1. The van der Waals surface area contributed by atoms with E-state index >= 15 is 0 Å². The lowest BCUT2D eigenvalue weighted by Crippen LogP contribution is -2.31. The van der Waals surface area contributed by atoms with Crippen molar-refractivity contribution in [2.45, 2.75) is 18.9 Å². The minimum Gasteiger partial charge on any atom is -0.507 e. The van der Waals surface area contributed by atoms with E-state index in [1.165, 1.54) is 29.2 Å². The van der Waals surface area contributed by atoms with Crippen molar-refractivity contribution in [2.75, 3.05) is 6.54 Å². The Morgan fingerprint density at radius 2 is 1.68 bits per heavy atom. The first-order valence-corrected chi connectivity index (χ1v) is 9.59. The molecule has 1 fully saturated rings. The van der Waals surface area contributed by atoms with Crippen molar-refractivity contribution in [3.63, 3.8) is 0 Å². The average Bonchev–Trinajstić information content (AvgIpc) is 2.98. The fourth-order valence-corrected chi connectivity index (χ4v) is 3.53. The van der Waals surface area contributed by atoms with Gasteiger partial charge in [-0.2, -0.15) is 0 Å². The highest BCUT2D eigenvalue weighted by Crippen LogP contribution is 2.40. The Kier molecular flexibility index (Phi) is 6.36. The molecule has 1 atom stereocenters. The van der Waals surface area contributed by atoms with Crippen molar-refractivity contribution in [1.29, 1.82) is 0 Å². The standard InChI is InChI=1S/C21H17ClN2O7/c22-14-7-3-12(4-8-14)18-17(19(27)13-5-9-15(10-6-13)24(30)31)20(28)21(29)23(18)11-1-2-16(25)26/h3-10,18,27H,1-2,11H2,(H,25,26)/t18-/m1/s1. The maximum absolute atomic E-state index is 12.8. The quantitative estimate of drug-likeness (QED) is 0.219. The first kappa shape index (κ1) is 22.0. The van der Waals surface area contributed by atoms with Gasteiger partial charge in [-0.05, 0) is 36.2 Å². The van der Waals surface area contributed by atoms with Gasteiger partial charge in [0.05, 0.1) is 16.5 Å². The summed E-state index contributed by atoms with van der Waals surface area (Å²) >= 11 is 5.94. The first-order valence-electron chi connectivity index (χ1n) is 9.21. The molecule has 0 spiro atoms. The Hall–Kier alpha value is -3.72. The summed E-state index contributed by atoms with van der Waals surface area (Å²) in [5.74, 6) is -3.31. The molecule has 1 aliphatic rings. The predicted molar refractivity (Wildman–Crippen MR) is 110 cm³/mol. The smallest absolute Gasteiger partial charge is 0.303 e. The minimum absolute atomic E-state index is 0.0127. The monoisotopic (exact) mass is 444 g/mol. The van der Waals surface area contributed by atoms with Crippen LogP contribution in [0.3, 0.4) is 0 Å². The van der Waals surface area contributed by atoms with E-state index in [4.69, 9.17) is 16.7 Å². The summed E-state index contributed by atoms with van der Waals surface area (Å²) in [5, 5.41) is 31.0. The van der Waals surface area contributed by atoms with E-state index in [2.05, 4.69) is 0 Å². The second-order valence-corrected chi connectivity index (χ2v) is 7.28. The van der Waals surface area contributed by atoms with Crippen LogP contribution >= 0.6 is 11.6 Å². The number of nitro groups is 1. The van der Waals surface area contributed by atoms with Crippen LogP contribution in [0.5, 0.6) is 0 Å². The molecule has 10 heteroatoms. The Morgan fingerprint density at radius 1 is 1.06 bits per heavy atom. The van der Waals surface area contributed by atoms with Crippen LogP contribution in [0.4, 0.5) is 5.69 Å². The maximum Gasteiger partial charge on any atom is 0.303 e. The molecule has 0 aromatic heterocycles. The number of carbonyl (C=O) groups is 3. The van der Waals surface area contributed by atoms with Crippen molar-refractivity contribution >= 4 is 40.7 Å². The van der Waals surface area contributed by atoms with Gasteiger partial charge < -0.3 is 15.1 Å². The van der Waals surface area contributed by atoms with Gasteiger partial charge in [0.15, 0.2) is 0 Å². The number of hydrogen-bond acceptors (Lipinski definition) is 6. The normalized spacial score (nSPS) is 17.7. The Balaban J connectivity index is 2.08. The van der Waals surface area contributed by atoms with Crippen LogP contribution in [-0.4, -0.2) is 44.2 Å². The van der Waals surface area contributed by atoms with Gasteiger partial charge in [0, 0.05) is 35.7 Å². The summed E-state index contributed by atoms with van der Waals surface area (Å²) in [4.78, 5) is 47.8. The first-order chi connectivity index (χ1) is 14.7. The summed E-state index contributed by atoms with van der Waals surface area (Å²) < 4.78 is 0. The lowest BCUT2D eigenvalue weighted by Gasteiger charge is -2.25. The van der Waals surface area contributed by atoms with Gasteiger partial charge >= 0.3 is 5.97 Å². The summed E-state index contributed by atoms with van der Waals surface area (Å²) in [7, 11) is 0. The number of aliphatic hydroxyl groups is 1. The van der Waals surface area contributed by atoms with E-state index in [0.717, 1.165) is 0 Å². The minimum atomic E-state index is -1.04. The number of rotatable bonds is 7. The summed E-state index contributed by atoms with van der Waals surface area (Å²) in [6, 6.07) is 10.3. The molecule has 160 valence electrons. The molecule has 0 aliphatic carbocycles. The molecule has 31 heavy (non-hydrogen) atoms. The molecule has 0 bridgehead atoms. The second-order valence-electron chi connectivity index (χ2n) is 6.85. The number of carbonyl (C=O) groups excluding carboxylic acids is 2. The van der Waals surface area contributed by atoms with Crippen LogP contribution < -0.4 is 0 Å². The highest BCUT2D eigenvalue weighted by Gasteiger charge is 2.45. The molecule has 0 saturated carbocycles. The number of carboxylic acids is 1. The number of ketones is 1. The molecule has 1 heterocycles. The van der Waals surface area contributed by atoms with Crippen LogP contribution in [0.15, 0.2) is 54.1 Å². The Bertz CT molecular complexity index is 1080. The van der Waals surface area contributed by atoms with Gasteiger partial charge in [0.25, 0.3) is 17.4 Å². The van der Waals surface area contributed by atoms with Gasteiger partial charge in [0.2, 0.25) is 0 Å². The number of nitrogens with zero attached hydrogens (tertiary/aromatic N) is 2. The third-order valence-electron chi connectivity index (χ3n) is 4.87. The number of likely N-dealkylation sites (tertiary alicyclic amines) is 1. The molecular formula is C21H17ClN2O7. The van der Waals surface area contributed by atoms with Crippen LogP contribution in [0, 0.1) is 10.1 Å². The second kappa shape index (κ2) is 8.97. The number of benzene rings is 2. The third-order valence-corrected chi connectivity index (χ3v) is 5.12. The van der Waals surface area contributed by atoms with Crippen molar-refractivity contribution in [3.05, 3.63) is 80.4 Å². The number of aliphatic hydroxyl groups excluding tert-OH is 1. The van der Waals surface area contributed by atoms with Gasteiger partial charge in [-0.25, -0.2) is 0 Å². The molecule has 1 saturated heterocycles. The van der Waals surface area contributed by atoms with E-state index in [0.29, 0.717) is 10.6 Å². The molecule has 1 aliphatic heterocycles. The van der Waals surface area contributed by atoms with Gasteiger partial charge in [-0.1, -0.05) is 23.7 Å². The topological polar surface area (TPSA) is 138 Å². The molecule has 2 aromatic rings. The molecule has 0 radical (unpaired) electrons. The number of carboxylic acid groups (broad SMARTS) is 1. The lowest BCUT2D eigenvalue weighted by atomic mass is 9.95. The number of nitro benzene ring substituents is 1. The number of Topliss-reactive ketones (excluding diaryl/α,β-unsaturated/α-hetero) is 1. The summed E-state index contributed by atoms with van der Waals surface area (Å²) in [6.07, 6.45) is -0.0806. The van der Waals surface area contributed by atoms with Crippen LogP contribution in [-0.2, 0) is 14.4 Å². The van der Waals surface area contributed by atoms with Crippen LogP contribution in [0.25, 0.3) is 5.76 Å². The molecule has 2 N–H and O–H groups in total.